The molecule has 0 fully saturated rings. The van der Waals surface area contributed by atoms with E-state index in [0.29, 0.717) is 52.6 Å². The summed E-state index contributed by atoms with van der Waals surface area (Å²) >= 11 is 0. The van der Waals surface area contributed by atoms with E-state index in [9.17, 15) is 9.59 Å². The summed E-state index contributed by atoms with van der Waals surface area (Å²) in [4.78, 5) is 23.0. The predicted molar refractivity (Wildman–Crippen MR) is 122 cm³/mol. The summed E-state index contributed by atoms with van der Waals surface area (Å²) in [6.07, 6.45) is 0.249. The van der Waals surface area contributed by atoms with Gasteiger partial charge in [0.05, 0.1) is 33.5 Å². The van der Waals surface area contributed by atoms with E-state index in [1.54, 1.807) is 0 Å². The van der Waals surface area contributed by atoms with Gasteiger partial charge in [0, 0.05) is 19.1 Å². The minimum Gasteiger partial charge on any atom is -0.467 e. The highest BCUT2D eigenvalue weighted by Crippen LogP contribution is 2.44. The topological polar surface area (TPSA) is 92.3 Å². The van der Waals surface area contributed by atoms with Gasteiger partial charge in [-0.25, -0.2) is 9.59 Å². The second kappa shape index (κ2) is 13.6. The number of hydrogen-bond acceptors (Lipinski definition) is 7. The van der Waals surface area contributed by atoms with Gasteiger partial charge < -0.3 is 29.0 Å². The van der Waals surface area contributed by atoms with Crippen molar-refractivity contribution in [2.75, 3.05) is 59.9 Å². The van der Waals surface area contributed by atoms with Crippen molar-refractivity contribution in [3.05, 3.63) is 59.7 Å². The molecule has 0 spiro atoms. The Morgan fingerprint density at radius 1 is 0.818 bits per heavy atom. The molecule has 0 aromatic heterocycles. The Morgan fingerprint density at radius 2 is 1.39 bits per heavy atom. The van der Waals surface area contributed by atoms with E-state index >= 15 is 0 Å². The van der Waals surface area contributed by atoms with Crippen molar-refractivity contribution in [2.24, 2.45) is 0 Å². The molecule has 0 unspecified atom stereocenters. The maximum Gasteiger partial charge on any atom is 0.407 e. The standard InChI is InChI=1S/C25H31NO7/c1-29-24(27)18-32-16-15-31-14-13-30-12-6-11-26-25(28)33-17-23-21-9-4-2-7-19(21)20-8-3-5-10-22(20)23/h2-5,7-10,23H,6,11-18H2,1H3,(H,26,28). The molecule has 0 saturated carbocycles. The molecule has 2 aromatic rings. The molecule has 0 aliphatic heterocycles. The van der Waals surface area contributed by atoms with E-state index < -0.39 is 12.1 Å². The average Bonchev–Trinajstić information content (AvgIpc) is 3.17. The van der Waals surface area contributed by atoms with Crippen LogP contribution >= 0.6 is 0 Å². The molecule has 8 heteroatoms. The fraction of sp³-hybridized carbons (Fsp3) is 0.440. The number of hydrogen-bond donors (Lipinski definition) is 1. The largest absolute Gasteiger partial charge is 0.467 e. The molecular formula is C25H31NO7. The number of ether oxygens (including phenoxy) is 5. The lowest BCUT2D eigenvalue weighted by Crippen LogP contribution is -2.27. The van der Waals surface area contributed by atoms with Crippen LogP contribution in [0.4, 0.5) is 4.79 Å². The van der Waals surface area contributed by atoms with E-state index in [0.717, 1.165) is 0 Å². The highest BCUT2D eigenvalue weighted by molar-refractivity contribution is 5.79. The Bertz CT molecular complexity index is 856. The monoisotopic (exact) mass is 457 g/mol. The smallest absolute Gasteiger partial charge is 0.407 e. The summed E-state index contributed by atoms with van der Waals surface area (Å²) in [6.45, 7) is 2.78. The summed E-state index contributed by atoms with van der Waals surface area (Å²) in [5, 5.41) is 2.77. The zero-order chi connectivity index (χ0) is 23.3. The Labute approximate surface area is 194 Å². The molecule has 33 heavy (non-hydrogen) atoms. The Hall–Kier alpha value is -2.94. The third kappa shape index (κ3) is 7.56. The molecule has 1 aliphatic carbocycles. The minimum absolute atomic E-state index is 0.0531. The molecule has 1 N–H and O–H groups in total. The zero-order valence-electron chi connectivity index (χ0n) is 18.9. The summed E-state index contributed by atoms with van der Waals surface area (Å²) < 4.78 is 25.8. The number of carbonyl (C=O) groups excluding carboxylic acids is 2. The molecule has 2 aromatic carbocycles. The lowest BCUT2D eigenvalue weighted by Gasteiger charge is -2.14. The third-order valence-corrected chi connectivity index (χ3v) is 5.27. The van der Waals surface area contributed by atoms with Crippen LogP contribution in [-0.4, -0.2) is 72.0 Å². The van der Waals surface area contributed by atoms with Crippen LogP contribution in [0, 0.1) is 0 Å². The van der Waals surface area contributed by atoms with E-state index in [-0.39, 0.29) is 12.5 Å². The Morgan fingerprint density at radius 3 is 2.03 bits per heavy atom. The quantitative estimate of drug-likeness (QED) is 0.344. The van der Waals surface area contributed by atoms with Crippen molar-refractivity contribution in [3.63, 3.8) is 0 Å². The van der Waals surface area contributed by atoms with E-state index in [2.05, 4.69) is 34.3 Å². The maximum absolute atomic E-state index is 12.1. The number of methoxy groups -OCH3 is 1. The molecule has 0 atom stereocenters. The third-order valence-electron chi connectivity index (χ3n) is 5.27. The number of nitrogens with one attached hydrogen (secondary N) is 1. The van der Waals surface area contributed by atoms with Gasteiger partial charge in [0.15, 0.2) is 0 Å². The van der Waals surface area contributed by atoms with E-state index in [1.165, 1.54) is 29.4 Å². The van der Waals surface area contributed by atoms with Gasteiger partial charge in [0.2, 0.25) is 0 Å². The molecule has 0 radical (unpaired) electrons. The Balaban J connectivity index is 1.22. The summed E-state index contributed by atoms with van der Waals surface area (Å²) in [6, 6.07) is 16.5. The summed E-state index contributed by atoms with van der Waals surface area (Å²) in [7, 11) is 1.31. The number of esters is 1. The van der Waals surface area contributed by atoms with Gasteiger partial charge in [-0.2, -0.15) is 0 Å². The minimum atomic E-state index is -0.424. The second-order valence-electron chi connectivity index (χ2n) is 7.46. The highest BCUT2D eigenvalue weighted by atomic mass is 16.6. The SMILES string of the molecule is COC(=O)COCCOCCOCCCNC(=O)OCC1c2ccccc2-c2ccccc21. The first-order valence-electron chi connectivity index (χ1n) is 11.1. The molecule has 1 aliphatic rings. The van der Waals surface area contributed by atoms with Crippen molar-refractivity contribution in [1.29, 1.82) is 0 Å². The lowest BCUT2D eigenvalue weighted by atomic mass is 9.98. The van der Waals surface area contributed by atoms with Gasteiger partial charge >= 0.3 is 12.1 Å². The van der Waals surface area contributed by atoms with Gasteiger partial charge in [0.1, 0.15) is 13.2 Å². The van der Waals surface area contributed by atoms with Gasteiger partial charge in [-0.15, -0.1) is 0 Å². The van der Waals surface area contributed by atoms with E-state index in [1.807, 2.05) is 24.3 Å². The summed E-state index contributed by atoms with van der Waals surface area (Å²) in [5.41, 5.74) is 4.79. The molecule has 178 valence electrons. The van der Waals surface area contributed by atoms with Crippen LogP contribution in [0.3, 0.4) is 0 Å². The first-order valence-corrected chi connectivity index (χ1v) is 11.1. The van der Waals surface area contributed by atoms with Gasteiger partial charge in [-0.05, 0) is 28.7 Å². The highest BCUT2D eigenvalue weighted by Gasteiger charge is 2.28. The zero-order valence-corrected chi connectivity index (χ0v) is 18.9. The number of benzene rings is 2. The number of carbonyl (C=O) groups is 2. The van der Waals surface area contributed by atoms with Gasteiger partial charge in [-0.3, -0.25) is 0 Å². The maximum atomic E-state index is 12.1. The van der Waals surface area contributed by atoms with Crippen LogP contribution in [0.5, 0.6) is 0 Å². The second-order valence-corrected chi connectivity index (χ2v) is 7.46. The predicted octanol–water partition coefficient (Wildman–Crippen LogP) is 3.14. The van der Waals surface area contributed by atoms with Crippen molar-refractivity contribution in [1.82, 2.24) is 5.32 Å². The fourth-order valence-electron chi connectivity index (χ4n) is 3.67. The van der Waals surface area contributed by atoms with Gasteiger partial charge in [-0.1, -0.05) is 48.5 Å². The van der Waals surface area contributed by atoms with E-state index in [4.69, 9.17) is 18.9 Å². The fourth-order valence-corrected chi connectivity index (χ4v) is 3.67. The normalized spacial score (nSPS) is 12.2. The Kier molecular flexibility index (Phi) is 10.2. The number of amides is 1. The van der Waals surface area contributed by atoms with Crippen LogP contribution in [-0.2, 0) is 28.5 Å². The molecule has 3 rings (SSSR count). The first-order chi connectivity index (χ1) is 16.2. The lowest BCUT2D eigenvalue weighted by molar-refractivity contribution is -0.146. The average molecular weight is 458 g/mol. The van der Waals surface area contributed by atoms with Crippen molar-refractivity contribution in [3.8, 4) is 11.1 Å². The molecule has 0 bridgehead atoms. The molecule has 0 saturated heterocycles. The van der Waals surface area contributed by atoms with Crippen LogP contribution in [0.15, 0.2) is 48.5 Å². The van der Waals surface area contributed by atoms with Crippen LogP contribution < -0.4 is 5.32 Å². The summed E-state index contributed by atoms with van der Waals surface area (Å²) in [5.74, 6) is -0.359. The van der Waals surface area contributed by atoms with Crippen LogP contribution in [0.1, 0.15) is 23.5 Å². The molecular weight excluding hydrogens is 426 g/mol. The van der Waals surface area contributed by atoms with Crippen molar-refractivity contribution < 1.29 is 33.3 Å². The van der Waals surface area contributed by atoms with Crippen molar-refractivity contribution in [2.45, 2.75) is 12.3 Å². The molecule has 0 heterocycles. The number of rotatable bonds is 14. The first kappa shape index (κ1) is 24.7. The molecule has 1 amide bonds. The number of fused-ring (bicyclic) bond motifs is 3. The molecule has 8 nitrogen and oxygen atoms in total. The van der Waals surface area contributed by atoms with Crippen LogP contribution in [0.2, 0.25) is 0 Å². The van der Waals surface area contributed by atoms with Crippen LogP contribution in [0.25, 0.3) is 11.1 Å². The number of alkyl carbamates (subject to hydrolysis) is 1. The van der Waals surface area contributed by atoms with Crippen molar-refractivity contribution >= 4 is 12.1 Å². The van der Waals surface area contributed by atoms with Gasteiger partial charge in [0.25, 0.3) is 0 Å².